The number of rotatable bonds is 3. The highest BCUT2D eigenvalue weighted by Gasteiger charge is 2.17. The summed E-state index contributed by atoms with van der Waals surface area (Å²) in [5.41, 5.74) is 10.2. The van der Waals surface area contributed by atoms with Crippen molar-refractivity contribution in [2.24, 2.45) is 5.73 Å². The molecule has 0 amide bonds. The summed E-state index contributed by atoms with van der Waals surface area (Å²) in [6.07, 6.45) is 0. The van der Waals surface area contributed by atoms with E-state index >= 15 is 0 Å². The van der Waals surface area contributed by atoms with Gasteiger partial charge in [-0.05, 0) is 38.5 Å². The average molecular weight is 286 g/mol. The van der Waals surface area contributed by atoms with Crippen molar-refractivity contribution in [3.05, 3.63) is 34.5 Å². The molecule has 0 saturated carbocycles. The van der Waals surface area contributed by atoms with E-state index in [0.717, 1.165) is 33.5 Å². The van der Waals surface area contributed by atoms with Gasteiger partial charge in [0.15, 0.2) is 5.82 Å². The maximum Gasteiger partial charge on any atom is 0.153 e. The van der Waals surface area contributed by atoms with Crippen LogP contribution in [0.4, 0.5) is 0 Å². The Morgan fingerprint density at radius 3 is 2.70 bits per heavy atom. The van der Waals surface area contributed by atoms with Crippen molar-refractivity contribution in [2.75, 3.05) is 0 Å². The zero-order valence-corrected chi connectivity index (χ0v) is 12.8. The van der Waals surface area contributed by atoms with Crippen LogP contribution in [0.5, 0.6) is 0 Å². The summed E-state index contributed by atoms with van der Waals surface area (Å²) in [5, 5.41) is 0.961. The maximum absolute atomic E-state index is 5.70. The van der Waals surface area contributed by atoms with Gasteiger partial charge in [-0.25, -0.2) is 9.97 Å². The third-order valence-electron chi connectivity index (χ3n) is 3.44. The second-order valence-corrected chi connectivity index (χ2v) is 5.98. The van der Waals surface area contributed by atoms with Crippen molar-refractivity contribution in [1.82, 2.24) is 14.5 Å². The molecule has 0 unspecified atom stereocenters. The largest absolute Gasteiger partial charge is 0.325 e. The highest BCUT2D eigenvalue weighted by Crippen LogP contribution is 2.32. The number of fused-ring (bicyclic) bond motifs is 1. The number of benzene rings is 1. The Kier molecular flexibility index (Phi) is 3.31. The Morgan fingerprint density at radius 2 is 2.05 bits per heavy atom. The molecule has 0 saturated heterocycles. The van der Waals surface area contributed by atoms with Gasteiger partial charge >= 0.3 is 0 Å². The van der Waals surface area contributed by atoms with Crippen LogP contribution < -0.4 is 5.73 Å². The monoisotopic (exact) mass is 286 g/mol. The smallest absolute Gasteiger partial charge is 0.153 e. The maximum atomic E-state index is 5.70. The first kappa shape index (κ1) is 13.3. The van der Waals surface area contributed by atoms with Gasteiger partial charge in [-0.15, -0.1) is 11.3 Å². The van der Waals surface area contributed by atoms with E-state index in [4.69, 9.17) is 10.7 Å². The molecule has 0 spiro atoms. The average Bonchev–Trinajstić information content (AvgIpc) is 2.97. The lowest BCUT2D eigenvalue weighted by Crippen LogP contribution is -1.97. The van der Waals surface area contributed by atoms with Crippen molar-refractivity contribution >= 4 is 22.4 Å². The van der Waals surface area contributed by atoms with Crippen LogP contribution >= 0.6 is 11.3 Å². The summed E-state index contributed by atoms with van der Waals surface area (Å²) < 4.78 is 2.25. The Labute approximate surface area is 122 Å². The number of hydrogen-bond acceptors (Lipinski definition) is 4. The van der Waals surface area contributed by atoms with Gasteiger partial charge in [0.2, 0.25) is 0 Å². The van der Waals surface area contributed by atoms with E-state index in [-0.39, 0.29) is 0 Å². The van der Waals surface area contributed by atoms with Gasteiger partial charge in [-0.3, -0.25) is 0 Å². The molecular formula is C15H18N4S. The van der Waals surface area contributed by atoms with E-state index in [2.05, 4.69) is 41.6 Å². The van der Waals surface area contributed by atoms with Gasteiger partial charge in [-0.1, -0.05) is 6.07 Å². The minimum absolute atomic E-state index is 0.483. The zero-order chi connectivity index (χ0) is 14.3. The summed E-state index contributed by atoms with van der Waals surface area (Å²) in [6, 6.07) is 6.40. The van der Waals surface area contributed by atoms with Crippen molar-refractivity contribution in [3.8, 4) is 10.7 Å². The van der Waals surface area contributed by atoms with Crippen LogP contribution in [-0.4, -0.2) is 14.5 Å². The number of hydrogen-bond donors (Lipinski definition) is 1. The van der Waals surface area contributed by atoms with Gasteiger partial charge in [-0.2, -0.15) is 0 Å². The van der Waals surface area contributed by atoms with Gasteiger partial charge in [0, 0.05) is 13.1 Å². The zero-order valence-electron chi connectivity index (χ0n) is 12.0. The van der Waals surface area contributed by atoms with Crippen LogP contribution in [0.2, 0.25) is 0 Å². The lowest BCUT2D eigenvalue weighted by atomic mass is 10.2. The second-order valence-electron chi connectivity index (χ2n) is 4.90. The lowest BCUT2D eigenvalue weighted by molar-refractivity contribution is 0.797. The molecule has 104 valence electrons. The lowest BCUT2D eigenvalue weighted by Gasteiger charge is -2.04. The molecule has 4 nitrogen and oxygen atoms in total. The molecule has 0 aliphatic rings. The van der Waals surface area contributed by atoms with Crippen molar-refractivity contribution in [3.63, 3.8) is 0 Å². The van der Waals surface area contributed by atoms with E-state index < -0.39 is 0 Å². The topological polar surface area (TPSA) is 56.7 Å². The Balaban J connectivity index is 2.26. The molecule has 2 heterocycles. The summed E-state index contributed by atoms with van der Waals surface area (Å²) in [5.74, 6) is 1.00. The number of imidazole rings is 1. The Bertz CT molecular complexity index is 770. The second kappa shape index (κ2) is 5.00. The fraction of sp³-hybridized carbons (Fsp3) is 0.333. The first-order chi connectivity index (χ1) is 9.63. The van der Waals surface area contributed by atoms with Crippen LogP contribution in [0.15, 0.2) is 18.2 Å². The normalized spacial score (nSPS) is 11.4. The van der Waals surface area contributed by atoms with Crippen LogP contribution in [-0.2, 0) is 13.1 Å². The van der Waals surface area contributed by atoms with Gasteiger partial charge < -0.3 is 10.3 Å². The van der Waals surface area contributed by atoms with Crippen LogP contribution in [0.3, 0.4) is 0 Å². The van der Waals surface area contributed by atoms with E-state index in [1.165, 1.54) is 11.1 Å². The summed E-state index contributed by atoms with van der Waals surface area (Å²) in [7, 11) is 0. The number of aryl methyl sites for hydroxylation is 3. The highest BCUT2D eigenvalue weighted by molar-refractivity contribution is 7.15. The van der Waals surface area contributed by atoms with Crippen molar-refractivity contribution < 1.29 is 0 Å². The fourth-order valence-electron chi connectivity index (χ4n) is 2.48. The SMILES string of the molecule is CCn1c(-c2sc(CN)nc2C)nc2cc(C)ccc21. The van der Waals surface area contributed by atoms with Crippen LogP contribution in [0, 0.1) is 13.8 Å². The summed E-state index contributed by atoms with van der Waals surface area (Å²) >= 11 is 1.64. The van der Waals surface area contributed by atoms with E-state index in [1.54, 1.807) is 11.3 Å². The molecule has 3 rings (SSSR count). The molecule has 0 atom stereocenters. The molecule has 1 aromatic carbocycles. The van der Waals surface area contributed by atoms with Crippen LogP contribution in [0.25, 0.3) is 21.7 Å². The van der Waals surface area contributed by atoms with Gasteiger partial charge in [0.25, 0.3) is 0 Å². The van der Waals surface area contributed by atoms with Crippen molar-refractivity contribution in [2.45, 2.75) is 33.9 Å². The van der Waals surface area contributed by atoms with E-state index in [1.807, 2.05) is 6.92 Å². The molecule has 5 heteroatoms. The van der Waals surface area contributed by atoms with E-state index in [0.29, 0.717) is 6.54 Å². The van der Waals surface area contributed by atoms with E-state index in [9.17, 15) is 0 Å². The highest BCUT2D eigenvalue weighted by atomic mass is 32.1. The quantitative estimate of drug-likeness (QED) is 0.804. The molecule has 0 radical (unpaired) electrons. The Hall–Kier alpha value is -1.72. The third kappa shape index (κ3) is 2.03. The molecule has 2 aromatic heterocycles. The predicted molar refractivity (Wildman–Crippen MR) is 83.9 cm³/mol. The molecule has 0 aliphatic heterocycles. The predicted octanol–water partition coefficient (Wildman–Crippen LogP) is 3.26. The van der Waals surface area contributed by atoms with Crippen molar-refractivity contribution in [1.29, 1.82) is 0 Å². The first-order valence-corrected chi connectivity index (χ1v) is 7.59. The van der Waals surface area contributed by atoms with Crippen LogP contribution in [0.1, 0.15) is 23.2 Å². The number of nitrogens with two attached hydrogens (primary N) is 1. The molecule has 3 aromatic rings. The molecule has 0 bridgehead atoms. The summed E-state index contributed by atoms with van der Waals surface area (Å²) in [6.45, 7) is 7.63. The molecular weight excluding hydrogens is 268 g/mol. The molecule has 20 heavy (non-hydrogen) atoms. The fourth-order valence-corrected chi connectivity index (χ4v) is 3.42. The first-order valence-electron chi connectivity index (χ1n) is 6.77. The number of nitrogens with zero attached hydrogens (tertiary/aromatic N) is 3. The van der Waals surface area contributed by atoms with Gasteiger partial charge in [0.1, 0.15) is 5.01 Å². The third-order valence-corrected chi connectivity index (χ3v) is 4.61. The summed E-state index contributed by atoms with van der Waals surface area (Å²) in [4.78, 5) is 10.5. The molecule has 0 fully saturated rings. The number of thiazole rings is 1. The standard InChI is InChI=1S/C15H18N4S/c1-4-19-12-6-5-9(2)7-11(12)18-15(19)14-10(3)17-13(8-16)20-14/h5-7H,4,8,16H2,1-3H3. The molecule has 0 aliphatic carbocycles. The van der Waals surface area contributed by atoms with Gasteiger partial charge in [0.05, 0.1) is 21.6 Å². The number of aromatic nitrogens is 3. The Morgan fingerprint density at radius 1 is 1.25 bits per heavy atom. The molecule has 2 N–H and O–H groups in total. The minimum Gasteiger partial charge on any atom is -0.325 e. The minimum atomic E-state index is 0.483.